The van der Waals surface area contributed by atoms with Gasteiger partial charge in [-0.2, -0.15) is 0 Å². The maximum absolute atomic E-state index is 12.1. The third-order valence-electron chi connectivity index (χ3n) is 2.96. The summed E-state index contributed by atoms with van der Waals surface area (Å²) < 4.78 is 0. The Kier molecular flexibility index (Phi) is 2.13. The zero-order chi connectivity index (χ0) is 12.7. The Morgan fingerprint density at radius 2 is 1.89 bits per heavy atom. The molecule has 0 spiro atoms. The molecule has 1 N–H and O–H groups in total. The van der Waals surface area contributed by atoms with Gasteiger partial charge in [-0.05, 0) is 28.9 Å². The molecule has 1 aromatic carbocycles. The van der Waals surface area contributed by atoms with Crippen LogP contribution in [0.4, 0.5) is 0 Å². The SMILES string of the molecule is O=C1C(N[N+](=O)[O-])=CC=C2C1=Cc1ccccc12. The lowest BCUT2D eigenvalue weighted by Gasteiger charge is -2.11. The Bertz CT molecular complexity index is 669. The third-order valence-corrected chi connectivity index (χ3v) is 2.96. The van der Waals surface area contributed by atoms with Crippen LogP contribution in [0.15, 0.2) is 47.7 Å². The molecule has 0 amide bonds. The van der Waals surface area contributed by atoms with Crippen LogP contribution in [0.1, 0.15) is 11.1 Å². The minimum absolute atomic E-state index is 0.0113. The van der Waals surface area contributed by atoms with Gasteiger partial charge in [0.2, 0.25) is 5.78 Å². The number of allylic oxidation sites excluding steroid dienone is 4. The molecule has 5 heteroatoms. The Morgan fingerprint density at radius 1 is 1.11 bits per heavy atom. The fourth-order valence-electron chi connectivity index (χ4n) is 2.19. The minimum Gasteiger partial charge on any atom is -0.287 e. The van der Waals surface area contributed by atoms with Crippen molar-refractivity contribution >= 4 is 17.4 Å². The van der Waals surface area contributed by atoms with Crippen LogP contribution in [0.25, 0.3) is 11.6 Å². The smallest absolute Gasteiger partial charge is 0.215 e. The van der Waals surface area contributed by atoms with E-state index in [0.29, 0.717) is 5.57 Å². The van der Waals surface area contributed by atoms with Crippen LogP contribution < -0.4 is 5.43 Å². The molecule has 0 aliphatic heterocycles. The van der Waals surface area contributed by atoms with Crippen LogP contribution in [-0.4, -0.2) is 10.8 Å². The molecule has 5 nitrogen and oxygen atoms in total. The summed E-state index contributed by atoms with van der Waals surface area (Å²) in [7, 11) is 0. The van der Waals surface area contributed by atoms with Gasteiger partial charge in [0.1, 0.15) is 5.70 Å². The number of hydrogen-bond acceptors (Lipinski definition) is 3. The largest absolute Gasteiger partial charge is 0.287 e. The lowest BCUT2D eigenvalue weighted by molar-refractivity contribution is -0.534. The number of fused-ring (bicyclic) bond motifs is 3. The minimum atomic E-state index is -0.731. The van der Waals surface area contributed by atoms with Crippen molar-refractivity contribution in [1.82, 2.24) is 5.43 Å². The fourth-order valence-corrected chi connectivity index (χ4v) is 2.19. The molecule has 1 aromatic rings. The molecular weight excluding hydrogens is 232 g/mol. The maximum atomic E-state index is 12.1. The molecule has 0 radical (unpaired) electrons. The van der Waals surface area contributed by atoms with Gasteiger partial charge in [0, 0.05) is 5.57 Å². The van der Waals surface area contributed by atoms with E-state index < -0.39 is 5.03 Å². The van der Waals surface area contributed by atoms with Gasteiger partial charge in [0.15, 0.2) is 5.03 Å². The van der Waals surface area contributed by atoms with Crippen molar-refractivity contribution < 1.29 is 9.83 Å². The van der Waals surface area contributed by atoms with Crippen LogP contribution in [-0.2, 0) is 4.79 Å². The molecule has 2 aliphatic carbocycles. The number of benzene rings is 1. The van der Waals surface area contributed by atoms with Gasteiger partial charge in [-0.15, -0.1) is 5.43 Å². The quantitative estimate of drug-likeness (QED) is 0.631. The Morgan fingerprint density at radius 3 is 2.67 bits per heavy atom. The second-order valence-electron chi connectivity index (χ2n) is 4.00. The summed E-state index contributed by atoms with van der Waals surface area (Å²) in [5.41, 5.74) is 5.18. The molecule has 0 fully saturated rings. The van der Waals surface area contributed by atoms with Gasteiger partial charge < -0.3 is 0 Å². The molecular formula is C13H8N2O3. The first-order valence-electron chi connectivity index (χ1n) is 5.36. The van der Waals surface area contributed by atoms with Gasteiger partial charge in [0.05, 0.1) is 0 Å². The number of carbonyl (C=O) groups excluding carboxylic acids is 1. The molecule has 0 saturated carbocycles. The van der Waals surface area contributed by atoms with Crippen LogP contribution >= 0.6 is 0 Å². The zero-order valence-corrected chi connectivity index (χ0v) is 9.21. The first-order valence-corrected chi connectivity index (χ1v) is 5.36. The number of carbonyl (C=O) groups is 1. The summed E-state index contributed by atoms with van der Waals surface area (Å²) in [6, 6.07) is 7.63. The molecule has 88 valence electrons. The molecule has 0 atom stereocenters. The van der Waals surface area contributed by atoms with Crippen LogP contribution in [0, 0.1) is 10.1 Å². The first-order chi connectivity index (χ1) is 8.66. The molecule has 0 unspecified atom stereocenters. The second-order valence-corrected chi connectivity index (χ2v) is 4.00. The number of nitro groups is 1. The number of hydrogen-bond donors (Lipinski definition) is 1. The van der Waals surface area contributed by atoms with E-state index in [0.717, 1.165) is 16.7 Å². The lowest BCUT2D eigenvalue weighted by Crippen LogP contribution is -2.28. The van der Waals surface area contributed by atoms with Crippen molar-refractivity contribution in [2.75, 3.05) is 0 Å². The average molecular weight is 240 g/mol. The summed E-state index contributed by atoms with van der Waals surface area (Å²) in [5.74, 6) is -0.347. The van der Waals surface area contributed by atoms with Gasteiger partial charge in [0.25, 0.3) is 0 Å². The molecule has 0 aromatic heterocycles. The van der Waals surface area contributed by atoms with E-state index in [-0.39, 0.29) is 11.5 Å². The number of ketones is 1. The highest BCUT2D eigenvalue weighted by molar-refractivity contribution is 6.25. The zero-order valence-electron chi connectivity index (χ0n) is 9.21. The van der Waals surface area contributed by atoms with Crippen molar-refractivity contribution in [2.24, 2.45) is 0 Å². The summed E-state index contributed by atoms with van der Waals surface area (Å²) in [5, 5.41) is 9.65. The monoisotopic (exact) mass is 240 g/mol. The molecule has 3 rings (SSSR count). The predicted octanol–water partition coefficient (Wildman–Crippen LogP) is 1.71. The van der Waals surface area contributed by atoms with Crippen molar-refractivity contribution in [3.63, 3.8) is 0 Å². The highest BCUT2D eigenvalue weighted by Crippen LogP contribution is 2.38. The molecule has 2 aliphatic rings. The van der Waals surface area contributed by atoms with Crippen molar-refractivity contribution in [3.05, 3.63) is 68.9 Å². The number of rotatable bonds is 2. The van der Waals surface area contributed by atoms with Crippen LogP contribution in [0.3, 0.4) is 0 Å². The van der Waals surface area contributed by atoms with Gasteiger partial charge in [-0.25, -0.2) is 10.1 Å². The lowest BCUT2D eigenvalue weighted by atomic mass is 9.94. The first kappa shape index (κ1) is 10.5. The average Bonchev–Trinajstić information content (AvgIpc) is 2.72. The Balaban J connectivity index is 2.07. The number of hydrazine groups is 1. The third kappa shape index (κ3) is 1.45. The Hall–Kier alpha value is -2.69. The summed E-state index contributed by atoms with van der Waals surface area (Å²) in [4.78, 5) is 22.5. The van der Waals surface area contributed by atoms with E-state index in [1.165, 1.54) is 6.08 Å². The van der Waals surface area contributed by atoms with Crippen molar-refractivity contribution in [2.45, 2.75) is 0 Å². The fraction of sp³-hybridized carbons (Fsp3) is 0. The van der Waals surface area contributed by atoms with E-state index >= 15 is 0 Å². The number of Topliss-reactive ketones (excluding diaryl/α,β-unsaturated/α-hetero) is 1. The summed E-state index contributed by atoms with van der Waals surface area (Å²) in [6.07, 6.45) is 4.93. The van der Waals surface area contributed by atoms with Crippen LogP contribution in [0.2, 0.25) is 0 Å². The van der Waals surface area contributed by atoms with E-state index in [1.54, 1.807) is 12.2 Å². The predicted molar refractivity (Wildman–Crippen MR) is 65.6 cm³/mol. The maximum Gasteiger partial charge on any atom is 0.215 e. The second kappa shape index (κ2) is 3.66. The van der Waals surface area contributed by atoms with E-state index in [1.807, 2.05) is 29.7 Å². The topological polar surface area (TPSA) is 72.2 Å². The van der Waals surface area contributed by atoms with Gasteiger partial charge >= 0.3 is 0 Å². The van der Waals surface area contributed by atoms with Crippen LogP contribution in [0.5, 0.6) is 0 Å². The highest BCUT2D eigenvalue weighted by Gasteiger charge is 2.29. The standard InChI is InChI=1S/C13H8N2O3/c16-13-11-7-8-3-1-2-4-9(8)10(11)5-6-12(13)14-15(17)18/h1-7,14H. The van der Waals surface area contributed by atoms with E-state index in [9.17, 15) is 14.9 Å². The Labute approximate surface area is 102 Å². The number of nitrogens with zero attached hydrogens (tertiary/aromatic N) is 1. The van der Waals surface area contributed by atoms with E-state index in [4.69, 9.17) is 0 Å². The molecule has 18 heavy (non-hydrogen) atoms. The number of nitrogens with one attached hydrogen (secondary N) is 1. The summed E-state index contributed by atoms with van der Waals surface area (Å²) in [6.45, 7) is 0. The van der Waals surface area contributed by atoms with Crippen molar-refractivity contribution in [1.29, 1.82) is 0 Å². The van der Waals surface area contributed by atoms with Gasteiger partial charge in [-0.1, -0.05) is 30.3 Å². The summed E-state index contributed by atoms with van der Waals surface area (Å²) >= 11 is 0. The van der Waals surface area contributed by atoms with Gasteiger partial charge in [-0.3, -0.25) is 4.79 Å². The molecule has 0 bridgehead atoms. The highest BCUT2D eigenvalue weighted by atomic mass is 16.7. The molecule has 0 heterocycles. The van der Waals surface area contributed by atoms with Crippen molar-refractivity contribution in [3.8, 4) is 0 Å². The normalized spacial score (nSPS) is 16.2. The molecule has 0 saturated heterocycles. The van der Waals surface area contributed by atoms with E-state index in [2.05, 4.69) is 0 Å².